The highest BCUT2D eigenvalue weighted by Crippen LogP contribution is 2.29. The number of anilines is 2. The normalized spacial score (nSPS) is 12.2. The molecule has 18 heavy (non-hydrogen) atoms. The van der Waals surface area contributed by atoms with E-state index in [4.69, 9.17) is 11.0 Å². The van der Waals surface area contributed by atoms with Gasteiger partial charge < -0.3 is 10.6 Å². The quantitative estimate of drug-likeness (QED) is 0.862. The molecule has 0 saturated heterocycles. The number of nitriles is 1. The second-order valence-electron chi connectivity index (χ2n) is 4.72. The summed E-state index contributed by atoms with van der Waals surface area (Å²) in [6.45, 7) is 9.54. The van der Waals surface area contributed by atoms with E-state index in [1.54, 1.807) is 0 Å². The molecule has 1 aromatic heterocycles. The van der Waals surface area contributed by atoms with Crippen LogP contribution in [0, 0.1) is 17.2 Å². The van der Waals surface area contributed by atoms with Crippen LogP contribution >= 0.6 is 0 Å². The molecule has 0 radical (unpaired) electrons. The fraction of sp³-hybridized carbons (Fsp3) is 0.615. The molecule has 5 nitrogen and oxygen atoms in total. The standard InChI is InChI=1S/C13H21N5/c1-5-18(7-10(4)6-14)13-11(9(2)3)12(15)16-8-17-13/h8-10H,5,7H2,1-4H3,(H2,15,16,17). The highest BCUT2D eigenvalue weighted by atomic mass is 15.2. The van der Waals surface area contributed by atoms with Crippen molar-refractivity contribution in [2.75, 3.05) is 23.7 Å². The predicted octanol–water partition coefficient (Wildman–Crippen LogP) is 2.17. The van der Waals surface area contributed by atoms with Crippen LogP contribution in [-0.4, -0.2) is 23.1 Å². The highest BCUT2D eigenvalue weighted by Gasteiger charge is 2.18. The first-order chi connectivity index (χ1) is 8.51. The second-order valence-corrected chi connectivity index (χ2v) is 4.72. The van der Waals surface area contributed by atoms with Gasteiger partial charge in [0.2, 0.25) is 0 Å². The number of rotatable bonds is 5. The summed E-state index contributed by atoms with van der Waals surface area (Å²) in [5.74, 6) is 1.59. The molecular weight excluding hydrogens is 226 g/mol. The largest absolute Gasteiger partial charge is 0.383 e. The Bertz CT molecular complexity index is 435. The van der Waals surface area contributed by atoms with E-state index in [2.05, 4.69) is 34.8 Å². The third-order valence-electron chi connectivity index (χ3n) is 2.87. The van der Waals surface area contributed by atoms with Crippen molar-refractivity contribution < 1.29 is 0 Å². The number of aromatic nitrogens is 2. The van der Waals surface area contributed by atoms with Crippen LogP contribution in [0.15, 0.2) is 6.33 Å². The summed E-state index contributed by atoms with van der Waals surface area (Å²) < 4.78 is 0. The van der Waals surface area contributed by atoms with Crippen LogP contribution in [0.3, 0.4) is 0 Å². The molecule has 0 spiro atoms. The van der Waals surface area contributed by atoms with Crippen LogP contribution < -0.4 is 10.6 Å². The van der Waals surface area contributed by atoms with Gasteiger partial charge >= 0.3 is 0 Å². The second kappa shape index (κ2) is 6.20. The molecule has 98 valence electrons. The lowest BCUT2D eigenvalue weighted by atomic mass is 10.0. The molecule has 1 atom stereocenters. The Morgan fingerprint density at radius 1 is 1.39 bits per heavy atom. The summed E-state index contributed by atoms with van der Waals surface area (Å²) in [4.78, 5) is 10.5. The third-order valence-corrected chi connectivity index (χ3v) is 2.87. The molecule has 0 aliphatic heterocycles. The summed E-state index contributed by atoms with van der Waals surface area (Å²) in [7, 11) is 0. The van der Waals surface area contributed by atoms with Gasteiger partial charge in [-0.25, -0.2) is 9.97 Å². The first kappa shape index (κ1) is 14.2. The van der Waals surface area contributed by atoms with E-state index >= 15 is 0 Å². The Morgan fingerprint density at radius 2 is 2.06 bits per heavy atom. The number of hydrogen-bond donors (Lipinski definition) is 1. The van der Waals surface area contributed by atoms with Crippen molar-refractivity contribution in [1.29, 1.82) is 5.26 Å². The molecule has 0 aliphatic rings. The minimum absolute atomic E-state index is 0.0406. The van der Waals surface area contributed by atoms with E-state index in [1.807, 2.05) is 13.8 Å². The molecule has 1 unspecified atom stereocenters. The fourth-order valence-corrected chi connectivity index (χ4v) is 1.94. The van der Waals surface area contributed by atoms with Crippen LogP contribution in [0.2, 0.25) is 0 Å². The lowest BCUT2D eigenvalue weighted by Gasteiger charge is -2.26. The van der Waals surface area contributed by atoms with Crippen LogP contribution in [0.25, 0.3) is 0 Å². The maximum Gasteiger partial charge on any atom is 0.137 e. The Balaban J connectivity index is 3.13. The first-order valence-electron chi connectivity index (χ1n) is 6.26. The summed E-state index contributed by atoms with van der Waals surface area (Å²) in [6, 6.07) is 2.25. The smallest absolute Gasteiger partial charge is 0.137 e. The predicted molar refractivity (Wildman–Crippen MR) is 73.2 cm³/mol. The Kier molecular flexibility index (Phi) is 4.90. The molecule has 5 heteroatoms. The van der Waals surface area contributed by atoms with Gasteiger partial charge in [0.1, 0.15) is 18.0 Å². The first-order valence-corrected chi connectivity index (χ1v) is 6.26. The molecule has 0 fully saturated rings. The number of nitrogens with two attached hydrogens (primary N) is 1. The van der Waals surface area contributed by atoms with E-state index in [-0.39, 0.29) is 11.8 Å². The molecule has 0 saturated carbocycles. The van der Waals surface area contributed by atoms with Gasteiger partial charge in [0, 0.05) is 18.7 Å². The fourth-order valence-electron chi connectivity index (χ4n) is 1.94. The van der Waals surface area contributed by atoms with Crippen molar-refractivity contribution in [2.24, 2.45) is 5.92 Å². The lowest BCUT2D eigenvalue weighted by Crippen LogP contribution is -2.30. The van der Waals surface area contributed by atoms with Gasteiger partial charge in [0.15, 0.2) is 0 Å². The van der Waals surface area contributed by atoms with Crippen molar-refractivity contribution in [3.63, 3.8) is 0 Å². The zero-order chi connectivity index (χ0) is 13.7. The summed E-state index contributed by atoms with van der Waals surface area (Å²) >= 11 is 0. The SMILES string of the molecule is CCN(CC(C)C#N)c1ncnc(N)c1C(C)C. The van der Waals surface area contributed by atoms with E-state index in [0.717, 1.165) is 17.9 Å². The Hall–Kier alpha value is -1.83. The Morgan fingerprint density at radius 3 is 2.56 bits per heavy atom. The minimum atomic E-state index is -0.0406. The van der Waals surface area contributed by atoms with Crippen LogP contribution in [0.4, 0.5) is 11.6 Å². The van der Waals surface area contributed by atoms with Crippen LogP contribution in [-0.2, 0) is 0 Å². The van der Waals surface area contributed by atoms with E-state index in [1.165, 1.54) is 6.33 Å². The summed E-state index contributed by atoms with van der Waals surface area (Å²) in [6.07, 6.45) is 1.48. The maximum atomic E-state index is 8.93. The lowest BCUT2D eigenvalue weighted by molar-refractivity contribution is 0.671. The van der Waals surface area contributed by atoms with Crippen molar-refractivity contribution in [3.8, 4) is 6.07 Å². The molecule has 0 bridgehead atoms. The number of nitrogens with zero attached hydrogens (tertiary/aromatic N) is 4. The molecule has 0 aliphatic carbocycles. The Labute approximate surface area is 109 Å². The minimum Gasteiger partial charge on any atom is -0.383 e. The topological polar surface area (TPSA) is 78.8 Å². The monoisotopic (exact) mass is 247 g/mol. The van der Waals surface area contributed by atoms with Gasteiger partial charge in [-0.3, -0.25) is 0 Å². The average molecular weight is 247 g/mol. The zero-order valence-electron chi connectivity index (χ0n) is 11.5. The number of nitrogen functional groups attached to an aromatic ring is 1. The molecular formula is C13H21N5. The molecule has 0 amide bonds. The summed E-state index contributed by atoms with van der Waals surface area (Å²) in [5, 5.41) is 8.93. The molecule has 1 aromatic rings. The van der Waals surface area contributed by atoms with Gasteiger partial charge in [-0.05, 0) is 19.8 Å². The number of hydrogen-bond acceptors (Lipinski definition) is 5. The van der Waals surface area contributed by atoms with Gasteiger partial charge in [-0.1, -0.05) is 13.8 Å². The zero-order valence-corrected chi connectivity index (χ0v) is 11.5. The highest BCUT2D eigenvalue weighted by molar-refractivity contribution is 5.58. The average Bonchev–Trinajstić information content (AvgIpc) is 2.34. The van der Waals surface area contributed by atoms with E-state index in [0.29, 0.717) is 12.4 Å². The van der Waals surface area contributed by atoms with E-state index in [9.17, 15) is 0 Å². The molecule has 2 N–H and O–H groups in total. The maximum absolute atomic E-state index is 8.93. The van der Waals surface area contributed by atoms with Gasteiger partial charge in [0.05, 0.1) is 12.0 Å². The van der Waals surface area contributed by atoms with Crippen molar-refractivity contribution in [3.05, 3.63) is 11.9 Å². The molecule has 1 heterocycles. The van der Waals surface area contributed by atoms with Gasteiger partial charge in [0.25, 0.3) is 0 Å². The molecule has 1 rings (SSSR count). The van der Waals surface area contributed by atoms with Crippen molar-refractivity contribution in [2.45, 2.75) is 33.6 Å². The van der Waals surface area contributed by atoms with Crippen molar-refractivity contribution >= 4 is 11.6 Å². The van der Waals surface area contributed by atoms with E-state index < -0.39 is 0 Å². The summed E-state index contributed by atoms with van der Waals surface area (Å²) in [5.41, 5.74) is 6.90. The van der Waals surface area contributed by atoms with Crippen molar-refractivity contribution in [1.82, 2.24) is 9.97 Å². The van der Waals surface area contributed by atoms with Crippen LogP contribution in [0.1, 0.15) is 39.2 Å². The van der Waals surface area contributed by atoms with Gasteiger partial charge in [-0.2, -0.15) is 5.26 Å². The molecule has 0 aromatic carbocycles. The third kappa shape index (κ3) is 3.10. The van der Waals surface area contributed by atoms with Gasteiger partial charge in [-0.15, -0.1) is 0 Å². The van der Waals surface area contributed by atoms with Crippen LogP contribution in [0.5, 0.6) is 0 Å².